The highest BCUT2D eigenvalue weighted by molar-refractivity contribution is 5.83. The van der Waals surface area contributed by atoms with Crippen LogP contribution in [0.25, 0.3) is 0 Å². The van der Waals surface area contributed by atoms with Crippen molar-refractivity contribution in [1.29, 1.82) is 0 Å². The number of halogens is 2. The third-order valence-corrected chi connectivity index (χ3v) is 5.19. The van der Waals surface area contributed by atoms with Crippen molar-refractivity contribution in [2.45, 2.75) is 50.6 Å². The number of carbonyl (C=O) groups is 1. The lowest BCUT2D eigenvalue weighted by Gasteiger charge is -2.46. The second-order valence-electron chi connectivity index (χ2n) is 6.43. The number of hydrogen-bond donors (Lipinski definition) is 0. The second-order valence-corrected chi connectivity index (χ2v) is 6.43. The maximum Gasteiger partial charge on any atom is 0.162 e. The van der Waals surface area contributed by atoms with Gasteiger partial charge in [0.1, 0.15) is 5.78 Å². The molecule has 2 nitrogen and oxygen atoms in total. The molecule has 0 aliphatic carbocycles. The number of nitrogens with zero attached hydrogens (tertiary/aromatic N) is 1. The average molecular weight is 293 g/mol. The van der Waals surface area contributed by atoms with Gasteiger partial charge in [0.2, 0.25) is 0 Å². The fourth-order valence-corrected chi connectivity index (χ4v) is 3.90. The highest BCUT2D eigenvalue weighted by atomic mass is 19.2. The number of carbonyl (C=O) groups excluding carboxylic acids is 1. The van der Waals surface area contributed by atoms with Gasteiger partial charge in [0.25, 0.3) is 0 Å². The Kier molecular flexibility index (Phi) is 4.07. The van der Waals surface area contributed by atoms with Crippen molar-refractivity contribution < 1.29 is 13.6 Å². The number of ketones is 1. The third-order valence-electron chi connectivity index (χ3n) is 5.19. The molecule has 0 amide bonds. The lowest BCUT2D eigenvalue weighted by atomic mass is 9.76. The lowest BCUT2D eigenvalue weighted by Crippen LogP contribution is -2.51. The van der Waals surface area contributed by atoms with Gasteiger partial charge < -0.3 is 4.90 Å². The Morgan fingerprint density at radius 1 is 1.24 bits per heavy atom. The molecule has 2 saturated heterocycles. The van der Waals surface area contributed by atoms with Crippen molar-refractivity contribution >= 4 is 5.78 Å². The molecule has 21 heavy (non-hydrogen) atoms. The summed E-state index contributed by atoms with van der Waals surface area (Å²) in [4.78, 5) is 14.9. The summed E-state index contributed by atoms with van der Waals surface area (Å²) in [6.45, 7) is 0. The SMILES string of the molecule is CN1C2CCCC1CC(C(=O)Cc1cccc(F)c1F)C2. The fraction of sp³-hybridized carbons (Fsp3) is 0.588. The van der Waals surface area contributed by atoms with Crippen molar-refractivity contribution in [3.8, 4) is 0 Å². The first-order chi connectivity index (χ1) is 10.1. The van der Waals surface area contributed by atoms with Gasteiger partial charge in [-0.25, -0.2) is 8.78 Å². The summed E-state index contributed by atoms with van der Waals surface area (Å²) in [5, 5.41) is 0. The minimum atomic E-state index is -0.876. The Hall–Kier alpha value is -1.29. The summed E-state index contributed by atoms with van der Waals surface area (Å²) in [6, 6.07) is 5.01. The van der Waals surface area contributed by atoms with Crippen molar-refractivity contribution in [1.82, 2.24) is 4.90 Å². The molecule has 0 aromatic heterocycles. The molecule has 3 rings (SSSR count). The molecule has 4 heteroatoms. The quantitative estimate of drug-likeness (QED) is 0.852. The van der Waals surface area contributed by atoms with E-state index >= 15 is 0 Å². The number of hydrogen-bond acceptors (Lipinski definition) is 2. The van der Waals surface area contributed by atoms with Crippen molar-refractivity contribution in [3.05, 3.63) is 35.4 Å². The average Bonchev–Trinajstić information content (AvgIpc) is 2.43. The maximum absolute atomic E-state index is 13.7. The van der Waals surface area contributed by atoms with E-state index in [1.165, 1.54) is 18.6 Å². The summed E-state index contributed by atoms with van der Waals surface area (Å²) in [6.07, 6.45) is 5.26. The van der Waals surface area contributed by atoms with Gasteiger partial charge in [-0.15, -0.1) is 0 Å². The predicted octanol–water partition coefficient (Wildman–Crippen LogP) is 3.34. The van der Waals surface area contributed by atoms with Gasteiger partial charge in [0.05, 0.1) is 0 Å². The van der Waals surface area contributed by atoms with Crippen LogP contribution in [0.2, 0.25) is 0 Å². The highest BCUT2D eigenvalue weighted by Crippen LogP contribution is 2.36. The van der Waals surface area contributed by atoms with Crippen LogP contribution in [0.5, 0.6) is 0 Å². The molecule has 2 unspecified atom stereocenters. The number of Topliss-reactive ketones (excluding diaryl/α,β-unsaturated/α-hetero) is 1. The Morgan fingerprint density at radius 2 is 1.90 bits per heavy atom. The van der Waals surface area contributed by atoms with E-state index in [-0.39, 0.29) is 23.7 Å². The molecule has 114 valence electrons. The summed E-state index contributed by atoms with van der Waals surface area (Å²) >= 11 is 0. The molecule has 0 spiro atoms. The van der Waals surface area contributed by atoms with Gasteiger partial charge in [-0.3, -0.25) is 4.79 Å². The van der Waals surface area contributed by atoms with Gasteiger partial charge >= 0.3 is 0 Å². The first kappa shape index (κ1) is 14.6. The minimum absolute atomic E-state index is 0.000771. The zero-order chi connectivity index (χ0) is 15.0. The van der Waals surface area contributed by atoms with Crippen LogP contribution in [-0.4, -0.2) is 29.8 Å². The van der Waals surface area contributed by atoms with E-state index in [1.807, 2.05) is 0 Å². The fourth-order valence-electron chi connectivity index (χ4n) is 3.90. The van der Waals surface area contributed by atoms with E-state index < -0.39 is 11.6 Å². The van der Waals surface area contributed by atoms with E-state index in [4.69, 9.17) is 0 Å². The number of piperidine rings is 2. The molecule has 0 radical (unpaired) electrons. The Labute approximate surface area is 124 Å². The van der Waals surface area contributed by atoms with Gasteiger partial charge in [-0.2, -0.15) is 0 Å². The van der Waals surface area contributed by atoms with E-state index in [1.54, 1.807) is 0 Å². The summed E-state index contributed by atoms with van der Waals surface area (Å²) in [5.41, 5.74) is 0.184. The van der Waals surface area contributed by atoms with Crippen LogP contribution in [0.15, 0.2) is 18.2 Å². The smallest absolute Gasteiger partial charge is 0.162 e. The number of rotatable bonds is 3. The van der Waals surface area contributed by atoms with E-state index in [0.717, 1.165) is 31.7 Å². The van der Waals surface area contributed by atoms with Crippen LogP contribution in [0.3, 0.4) is 0 Å². The van der Waals surface area contributed by atoms with Gasteiger partial charge in [-0.05, 0) is 44.4 Å². The van der Waals surface area contributed by atoms with Crippen LogP contribution in [0, 0.1) is 17.6 Å². The monoisotopic (exact) mass is 293 g/mol. The topological polar surface area (TPSA) is 20.3 Å². The summed E-state index contributed by atoms with van der Waals surface area (Å²) in [5.74, 6) is -1.69. The molecule has 2 aliphatic rings. The van der Waals surface area contributed by atoms with Crippen LogP contribution < -0.4 is 0 Å². The molecule has 2 aliphatic heterocycles. The van der Waals surface area contributed by atoms with E-state index in [0.29, 0.717) is 12.1 Å². The molecule has 2 fully saturated rings. The molecule has 0 saturated carbocycles. The second kappa shape index (κ2) is 5.84. The van der Waals surface area contributed by atoms with Crippen molar-refractivity contribution in [2.24, 2.45) is 5.92 Å². The van der Waals surface area contributed by atoms with E-state index in [9.17, 15) is 13.6 Å². The first-order valence-electron chi connectivity index (χ1n) is 7.73. The molecule has 2 atom stereocenters. The largest absolute Gasteiger partial charge is 0.300 e. The molecule has 2 heterocycles. The number of benzene rings is 1. The number of fused-ring (bicyclic) bond motifs is 2. The zero-order valence-electron chi connectivity index (χ0n) is 12.3. The molecule has 0 N–H and O–H groups in total. The van der Waals surface area contributed by atoms with Gasteiger partial charge in [0, 0.05) is 24.4 Å². The summed E-state index contributed by atoms with van der Waals surface area (Å²) < 4.78 is 26.9. The molecular formula is C17H21F2NO. The Morgan fingerprint density at radius 3 is 2.57 bits per heavy atom. The van der Waals surface area contributed by atoms with Crippen LogP contribution in [0.1, 0.15) is 37.7 Å². The van der Waals surface area contributed by atoms with Gasteiger partial charge in [0.15, 0.2) is 11.6 Å². The summed E-state index contributed by atoms with van der Waals surface area (Å²) in [7, 11) is 2.14. The van der Waals surface area contributed by atoms with E-state index in [2.05, 4.69) is 11.9 Å². The highest BCUT2D eigenvalue weighted by Gasteiger charge is 2.38. The van der Waals surface area contributed by atoms with Crippen LogP contribution >= 0.6 is 0 Å². The Bertz CT molecular complexity index is 532. The van der Waals surface area contributed by atoms with Gasteiger partial charge in [-0.1, -0.05) is 18.6 Å². The maximum atomic E-state index is 13.7. The van der Waals surface area contributed by atoms with Crippen LogP contribution in [0.4, 0.5) is 8.78 Å². The van der Waals surface area contributed by atoms with Crippen molar-refractivity contribution in [3.63, 3.8) is 0 Å². The zero-order valence-corrected chi connectivity index (χ0v) is 12.3. The van der Waals surface area contributed by atoms with Crippen LogP contribution in [-0.2, 0) is 11.2 Å². The predicted molar refractivity (Wildman–Crippen MR) is 77.0 cm³/mol. The first-order valence-corrected chi connectivity index (χ1v) is 7.73. The molecule has 1 aromatic carbocycles. The molecular weight excluding hydrogens is 272 g/mol. The van der Waals surface area contributed by atoms with Crippen molar-refractivity contribution in [2.75, 3.05) is 7.05 Å². The normalized spacial score (nSPS) is 29.4. The Balaban J connectivity index is 1.70. The lowest BCUT2D eigenvalue weighted by molar-refractivity contribution is -0.126. The standard InChI is InChI=1S/C17H21F2NO/c1-20-13-5-3-6-14(20)9-12(8-13)16(21)10-11-4-2-7-15(18)17(11)19/h2,4,7,12-14H,3,5-6,8-10H2,1H3. The molecule has 2 bridgehead atoms. The minimum Gasteiger partial charge on any atom is -0.300 e. The third kappa shape index (κ3) is 2.86. The molecule has 1 aromatic rings.